The van der Waals surface area contributed by atoms with E-state index in [-0.39, 0.29) is 24.9 Å². The maximum absolute atomic E-state index is 10.4. The molecule has 34 heavy (non-hydrogen) atoms. The number of hydrogen-bond acceptors (Lipinski definition) is 6. The molecule has 0 aromatic heterocycles. The van der Waals surface area contributed by atoms with Crippen molar-refractivity contribution in [2.75, 3.05) is 41.0 Å². The molecule has 2 atom stereocenters. The average Bonchev–Trinajstić information content (AvgIpc) is 2.80. The van der Waals surface area contributed by atoms with Gasteiger partial charge in [0.2, 0.25) is 0 Å². The van der Waals surface area contributed by atoms with Gasteiger partial charge in [-0.2, -0.15) is 5.26 Å². The molecule has 0 aliphatic heterocycles. The molecule has 0 aliphatic carbocycles. The number of aliphatic hydroxyl groups excluding tert-OH is 1. The zero-order valence-corrected chi connectivity index (χ0v) is 22.0. The molecule has 0 saturated carbocycles. The standard InChI is InChI=1S/C27H38N2O4.ClH/c1-20(2)27(19-28,22-11-12-25(31-5)26(16-22)32-6)13-8-14-29(4)17-23(30)18-33-24-10-7-9-21(3)15-24;/h7,9-12,15-16,20,23,30H,8,13-14,17-18H2,1-6H3;1H. The number of benzene rings is 2. The van der Waals surface area contributed by atoms with Crippen molar-refractivity contribution in [3.8, 4) is 23.3 Å². The van der Waals surface area contributed by atoms with Crippen molar-refractivity contribution in [1.29, 1.82) is 5.26 Å². The van der Waals surface area contributed by atoms with Gasteiger partial charge in [-0.1, -0.05) is 32.0 Å². The average molecular weight is 491 g/mol. The van der Waals surface area contributed by atoms with E-state index in [1.807, 2.05) is 56.4 Å². The van der Waals surface area contributed by atoms with E-state index in [1.165, 1.54) is 0 Å². The molecule has 188 valence electrons. The lowest BCUT2D eigenvalue weighted by Gasteiger charge is -2.32. The lowest BCUT2D eigenvalue weighted by Crippen LogP contribution is -2.35. The topological polar surface area (TPSA) is 75.0 Å². The van der Waals surface area contributed by atoms with Gasteiger partial charge in [-0.3, -0.25) is 0 Å². The van der Waals surface area contributed by atoms with Crippen molar-refractivity contribution in [2.24, 2.45) is 5.92 Å². The predicted octanol–water partition coefficient (Wildman–Crippen LogP) is 5.00. The first kappa shape index (κ1) is 29.6. The molecule has 1 N–H and O–H groups in total. The second kappa shape index (κ2) is 14.1. The number of ether oxygens (including phenoxy) is 3. The predicted molar refractivity (Wildman–Crippen MR) is 138 cm³/mol. The van der Waals surface area contributed by atoms with Crippen LogP contribution >= 0.6 is 12.4 Å². The first-order valence-electron chi connectivity index (χ1n) is 11.5. The van der Waals surface area contributed by atoms with Gasteiger partial charge >= 0.3 is 0 Å². The van der Waals surface area contributed by atoms with Crippen LogP contribution in [-0.2, 0) is 5.41 Å². The largest absolute Gasteiger partial charge is 0.493 e. The highest BCUT2D eigenvalue weighted by Crippen LogP contribution is 2.40. The van der Waals surface area contributed by atoms with Crippen molar-refractivity contribution in [1.82, 2.24) is 4.90 Å². The van der Waals surface area contributed by atoms with E-state index in [1.54, 1.807) is 14.2 Å². The summed E-state index contributed by atoms with van der Waals surface area (Å²) in [6.07, 6.45) is 0.936. The Balaban J connectivity index is 0.00000578. The minimum atomic E-state index is -0.632. The van der Waals surface area contributed by atoms with Crippen LogP contribution < -0.4 is 14.2 Å². The Labute approximate surface area is 210 Å². The summed E-state index contributed by atoms with van der Waals surface area (Å²) >= 11 is 0. The molecule has 2 rings (SSSR count). The van der Waals surface area contributed by atoms with Gasteiger partial charge in [-0.25, -0.2) is 0 Å². The lowest BCUT2D eigenvalue weighted by atomic mass is 9.69. The van der Waals surface area contributed by atoms with Crippen molar-refractivity contribution in [2.45, 2.75) is 45.1 Å². The van der Waals surface area contributed by atoms with E-state index in [4.69, 9.17) is 14.2 Å². The Morgan fingerprint density at radius 1 is 1.09 bits per heavy atom. The third-order valence-corrected chi connectivity index (χ3v) is 6.15. The summed E-state index contributed by atoms with van der Waals surface area (Å²) in [5, 5.41) is 20.6. The zero-order chi connectivity index (χ0) is 24.4. The molecule has 0 fully saturated rings. The highest BCUT2D eigenvalue weighted by molar-refractivity contribution is 5.85. The SMILES string of the molecule is COc1ccc(C(C#N)(CCCN(C)CC(O)COc2cccc(C)c2)C(C)C)cc1OC.Cl. The van der Waals surface area contributed by atoms with Gasteiger partial charge in [0.05, 0.1) is 25.7 Å². The molecule has 0 aliphatic rings. The van der Waals surface area contributed by atoms with Crippen molar-refractivity contribution >= 4 is 12.4 Å². The molecule has 2 aromatic carbocycles. The van der Waals surface area contributed by atoms with Gasteiger partial charge in [0.25, 0.3) is 0 Å². The van der Waals surface area contributed by atoms with Crippen molar-refractivity contribution in [3.63, 3.8) is 0 Å². The third-order valence-electron chi connectivity index (χ3n) is 6.15. The van der Waals surface area contributed by atoms with Crippen LogP contribution in [0.1, 0.15) is 37.8 Å². The van der Waals surface area contributed by atoms with E-state index in [0.29, 0.717) is 24.5 Å². The van der Waals surface area contributed by atoms with Crippen LogP contribution in [0.25, 0.3) is 0 Å². The van der Waals surface area contributed by atoms with E-state index in [2.05, 4.69) is 24.8 Å². The number of halogens is 1. The molecule has 6 nitrogen and oxygen atoms in total. The number of likely N-dealkylation sites (N-methyl/N-ethyl adjacent to an activating group) is 1. The van der Waals surface area contributed by atoms with Crippen LogP contribution in [-0.4, -0.2) is 57.1 Å². The summed E-state index contributed by atoms with van der Waals surface area (Å²) in [5.74, 6) is 2.17. The highest BCUT2D eigenvalue weighted by Gasteiger charge is 2.36. The molecule has 0 saturated heterocycles. The molecule has 0 heterocycles. The summed E-state index contributed by atoms with van der Waals surface area (Å²) in [7, 11) is 5.19. The Hall–Kier alpha value is -2.46. The van der Waals surface area contributed by atoms with E-state index >= 15 is 0 Å². The van der Waals surface area contributed by atoms with Crippen LogP contribution in [0, 0.1) is 24.2 Å². The molecule has 0 bridgehead atoms. The van der Waals surface area contributed by atoms with E-state index in [0.717, 1.165) is 29.8 Å². The molecule has 0 amide bonds. The zero-order valence-electron chi connectivity index (χ0n) is 21.2. The number of nitriles is 1. The second-order valence-electron chi connectivity index (χ2n) is 8.95. The van der Waals surface area contributed by atoms with Gasteiger partial charge in [-0.05, 0) is 74.7 Å². The Morgan fingerprint density at radius 2 is 1.79 bits per heavy atom. The van der Waals surface area contributed by atoms with Crippen LogP contribution in [0.15, 0.2) is 42.5 Å². The van der Waals surface area contributed by atoms with Crippen LogP contribution in [0.5, 0.6) is 17.2 Å². The summed E-state index contributed by atoms with van der Waals surface area (Å²) in [6.45, 7) is 7.69. The maximum Gasteiger partial charge on any atom is 0.161 e. The van der Waals surface area contributed by atoms with Gasteiger partial charge < -0.3 is 24.2 Å². The molecular weight excluding hydrogens is 452 g/mol. The molecule has 0 radical (unpaired) electrons. The number of aryl methyl sites for hydroxylation is 1. The van der Waals surface area contributed by atoms with Gasteiger partial charge in [-0.15, -0.1) is 12.4 Å². The Bertz CT molecular complexity index is 931. The Kier molecular flexibility index (Phi) is 12.2. The van der Waals surface area contributed by atoms with E-state index < -0.39 is 11.5 Å². The maximum atomic E-state index is 10.4. The fourth-order valence-corrected chi connectivity index (χ4v) is 4.16. The molecule has 2 aromatic rings. The van der Waals surface area contributed by atoms with Gasteiger partial charge in [0, 0.05) is 6.54 Å². The first-order chi connectivity index (χ1) is 15.7. The fourth-order valence-electron chi connectivity index (χ4n) is 4.16. The Morgan fingerprint density at radius 3 is 2.38 bits per heavy atom. The molecular formula is C27H39ClN2O4. The minimum Gasteiger partial charge on any atom is -0.493 e. The summed E-state index contributed by atoms with van der Waals surface area (Å²) in [6, 6.07) is 16.1. The molecule has 7 heteroatoms. The molecule has 2 unspecified atom stereocenters. The smallest absolute Gasteiger partial charge is 0.161 e. The number of methoxy groups -OCH3 is 2. The minimum absolute atomic E-state index is 0. The van der Waals surface area contributed by atoms with Crippen molar-refractivity contribution in [3.05, 3.63) is 53.6 Å². The van der Waals surface area contributed by atoms with Crippen LogP contribution in [0.2, 0.25) is 0 Å². The van der Waals surface area contributed by atoms with Crippen LogP contribution in [0.3, 0.4) is 0 Å². The van der Waals surface area contributed by atoms with Crippen molar-refractivity contribution < 1.29 is 19.3 Å². The number of hydrogen-bond donors (Lipinski definition) is 1. The highest BCUT2D eigenvalue weighted by atomic mass is 35.5. The monoisotopic (exact) mass is 490 g/mol. The first-order valence-corrected chi connectivity index (χ1v) is 11.5. The van der Waals surface area contributed by atoms with Gasteiger partial charge in [0.1, 0.15) is 18.5 Å². The lowest BCUT2D eigenvalue weighted by molar-refractivity contribution is 0.0753. The van der Waals surface area contributed by atoms with Gasteiger partial charge in [0.15, 0.2) is 11.5 Å². The number of rotatable bonds is 13. The number of aliphatic hydroxyl groups is 1. The normalized spacial score (nSPS) is 13.5. The third kappa shape index (κ3) is 7.80. The summed E-state index contributed by atoms with van der Waals surface area (Å²) in [5.41, 5.74) is 1.43. The van der Waals surface area contributed by atoms with E-state index in [9.17, 15) is 10.4 Å². The fraction of sp³-hybridized carbons (Fsp3) is 0.519. The quantitative estimate of drug-likeness (QED) is 0.425. The molecule has 0 spiro atoms. The number of nitrogens with zero attached hydrogens (tertiary/aromatic N) is 2. The summed E-state index contributed by atoms with van der Waals surface area (Å²) in [4.78, 5) is 2.08. The summed E-state index contributed by atoms with van der Waals surface area (Å²) < 4.78 is 16.5. The second-order valence-corrected chi connectivity index (χ2v) is 8.95. The van der Waals surface area contributed by atoms with Crippen LogP contribution in [0.4, 0.5) is 0 Å².